The maximum Gasteiger partial charge on any atom is 0.201 e. The first-order chi connectivity index (χ1) is 14.4. The lowest BCUT2D eigenvalue weighted by molar-refractivity contribution is 0.575. The Morgan fingerprint density at radius 2 is 1.41 bits per heavy atom. The molecule has 0 spiro atoms. The fourth-order valence-corrected chi connectivity index (χ4v) is 5.33. The molecule has 2 heterocycles. The van der Waals surface area contributed by atoms with Crippen LogP contribution in [0.3, 0.4) is 0 Å². The third-order valence-corrected chi connectivity index (χ3v) is 6.71. The number of anilines is 1. The van der Waals surface area contributed by atoms with Gasteiger partial charge in [0, 0.05) is 23.9 Å². The van der Waals surface area contributed by atoms with Gasteiger partial charge in [0.1, 0.15) is 5.58 Å². The first kappa shape index (κ1) is 17.0. The van der Waals surface area contributed by atoms with E-state index in [-0.39, 0.29) is 8.67 Å². The summed E-state index contributed by atoms with van der Waals surface area (Å²) in [5.74, 6) is 0. The first-order valence-corrected chi connectivity index (χ1v) is 11.1. The molecule has 0 saturated carbocycles. The molecule has 1 atom stereocenters. The minimum atomic E-state index is -0.0450. The highest BCUT2D eigenvalue weighted by atomic mass is 31.1. The first-order valence-electron chi connectivity index (χ1n) is 10.3. The van der Waals surface area contributed by atoms with Crippen molar-refractivity contribution in [2.75, 3.05) is 18.0 Å². The van der Waals surface area contributed by atoms with Gasteiger partial charge in [-0.2, -0.15) is 0 Å². The summed E-state index contributed by atoms with van der Waals surface area (Å²) < 4.78 is 12.5. The zero-order valence-corrected chi connectivity index (χ0v) is 17.2. The van der Waals surface area contributed by atoms with Crippen molar-refractivity contribution in [1.29, 1.82) is 0 Å². The van der Waals surface area contributed by atoms with E-state index in [4.69, 9.17) is 8.39 Å². The van der Waals surface area contributed by atoms with Crippen molar-refractivity contribution in [3.05, 3.63) is 66.7 Å². The maximum atomic E-state index is 6.34. The standard InChI is InChI=1S/C25H22NO2P/c1-6-14-26(15-7-1)21-16-18-9-3-5-11-20(18)24-23-19-10-4-2-8-17(19)12-13-22(23)27-29-28-25(21)24/h2-5,8-13,16,29H,1,6-7,14-15H2. The van der Waals surface area contributed by atoms with Crippen LogP contribution in [0.2, 0.25) is 0 Å². The van der Waals surface area contributed by atoms with E-state index in [2.05, 4.69) is 71.6 Å². The minimum absolute atomic E-state index is 0.0450. The Morgan fingerprint density at radius 3 is 2.24 bits per heavy atom. The van der Waals surface area contributed by atoms with Gasteiger partial charge in [-0.05, 0) is 52.9 Å². The number of benzene rings is 4. The molecular formula is C25H22NO2P. The number of rotatable bonds is 1. The Kier molecular flexibility index (Phi) is 4.02. The number of hydrogen-bond acceptors (Lipinski definition) is 3. The lowest BCUT2D eigenvalue weighted by Crippen LogP contribution is -2.29. The van der Waals surface area contributed by atoms with Gasteiger partial charge in [0.25, 0.3) is 0 Å². The van der Waals surface area contributed by atoms with Crippen LogP contribution in [-0.2, 0) is 0 Å². The van der Waals surface area contributed by atoms with Crippen LogP contribution in [0.15, 0.2) is 75.1 Å². The molecule has 1 saturated heterocycles. The molecule has 1 unspecified atom stereocenters. The molecule has 1 fully saturated rings. The SMILES string of the molecule is c1ccc2c(c1)ccc1o[pH]oc3c(N4CCCCC4)cc4ccccc4c3c12. The molecule has 1 aliphatic heterocycles. The lowest BCUT2D eigenvalue weighted by Gasteiger charge is -2.29. The van der Waals surface area contributed by atoms with E-state index in [1.807, 2.05) is 0 Å². The molecule has 5 aromatic rings. The van der Waals surface area contributed by atoms with Gasteiger partial charge >= 0.3 is 0 Å². The Bertz CT molecular complexity index is 1400. The van der Waals surface area contributed by atoms with Gasteiger partial charge in [0.15, 0.2) is 5.58 Å². The summed E-state index contributed by atoms with van der Waals surface area (Å²) in [5, 5.41) is 7.22. The Balaban J connectivity index is 1.88. The average molecular weight is 399 g/mol. The van der Waals surface area contributed by atoms with E-state index in [1.54, 1.807) is 0 Å². The van der Waals surface area contributed by atoms with Crippen molar-refractivity contribution in [3.8, 4) is 0 Å². The molecule has 0 bridgehead atoms. The van der Waals surface area contributed by atoms with Gasteiger partial charge in [-0.3, -0.25) is 0 Å². The number of piperidine rings is 1. The number of hydrogen-bond donors (Lipinski definition) is 0. The molecule has 0 N–H and O–H groups in total. The Labute approximate surface area is 170 Å². The van der Waals surface area contributed by atoms with Crippen LogP contribution in [-0.4, -0.2) is 13.1 Å². The van der Waals surface area contributed by atoms with E-state index in [0.717, 1.165) is 29.6 Å². The smallest absolute Gasteiger partial charge is 0.201 e. The molecule has 3 nitrogen and oxygen atoms in total. The van der Waals surface area contributed by atoms with Crippen LogP contribution in [0, 0.1) is 0 Å². The summed E-state index contributed by atoms with van der Waals surface area (Å²) in [7, 11) is -0.0450. The highest BCUT2D eigenvalue weighted by Gasteiger charge is 2.19. The Morgan fingerprint density at radius 1 is 0.690 bits per heavy atom. The van der Waals surface area contributed by atoms with Crippen LogP contribution in [0.5, 0.6) is 0 Å². The highest BCUT2D eigenvalue weighted by molar-refractivity contribution is 7.15. The van der Waals surface area contributed by atoms with Crippen molar-refractivity contribution in [2.45, 2.75) is 19.3 Å². The summed E-state index contributed by atoms with van der Waals surface area (Å²) in [6, 6.07) is 23.7. The van der Waals surface area contributed by atoms with Crippen LogP contribution < -0.4 is 4.90 Å². The van der Waals surface area contributed by atoms with Gasteiger partial charge in [-0.15, -0.1) is 0 Å². The van der Waals surface area contributed by atoms with Gasteiger partial charge in [0.05, 0.1) is 5.69 Å². The van der Waals surface area contributed by atoms with E-state index in [9.17, 15) is 0 Å². The van der Waals surface area contributed by atoms with Crippen LogP contribution in [0.4, 0.5) is 5.69 Å². The van der Waals surface area contributed by atoms with Gasteiger partial charge < -0.3 is 13.3 Å². The van der Waals surface area contributed by atoms with Crippen molar-refractivity contribution >= 4 is 57.8 Å². The summed E-state index contributed by atoms with van der Waals surface area (Å²) in [5.41, 5.74) is 3.08. The zero-order chi connectivity index (χ0) is 19.2. The molecule has 29 heavy (non-hydrogen) atoms. The molecule has 1 aromatic heterocycles. The second-order valence-corrected chi connectivity index (χ2v) is 8.39. The molecule has 1 aliphatic rings. The van der Waals surface area contributed by atoms with Crippen molar-refractivity contribution in [1.82, 2.24) is 0 Å². The summed E-state index contributed by atoms with van der Waals surface area (Å²) in [6.07, 6.45) is 3.78. The van der Waals surface area contributed by atoms with E-state index >= 15 is 0 Å². The van der Waals surface area contributed by atoms with E-state index < -0.39 is 0 Å². The Hall–Kier alpha value is -2.90. The molecule has 4 aromatic carbocycles. The molecule has 4 heteroatoms. The van der Waals surface area contributed by atoms with E-state index in [1.165, 1.54) is 51.9 Å². The summed E-state index contributed by atoms with van der Waals surface area (Å²) in [6.45, 7) is 2.17. The average Bonchev–Trinajstić information content (AvgIpc) is 2.99. The fourth-order valence-electron chi connectivity index (χ4n) is 4.74. The lowest BCUT2D eigenvalue weighted by atomic mass is 9.97. The quantitative estimate of drug-likeness (QED) is 0.290. The molecule has 0 radical (unpaired) electrons. The zero-order valence-electron chi connectivity index (χ0n) is 16.2. The third kappa shape index (κ3) is 2.73. The van der Waals surface area contributed by atoms with Crippen LogP contribution in [0.25, 0.3) is 43.5 Å². The third-order valence-electron chi connectivity index (χ3n) is 6.11. The maximum absolute atomic E-state index is 6.34. The molecule has 0 amide bonds. The predicted octanol–water partition coefficient (Wildman–Crippen LogP) is 7.63. The summed E-state index contributed by atoms with van der Waals surface area (Å²) >= 11 is 0. The second kappa shape index (κ2) is 6.86. The molecule has 0 aliphatic carbocycles. The van der Waals surface area contributed by atoms with Crippen molar-refractivity contribution in [3.63, 3.8) is 0 Å². The van der Waals surface area contributed by atoms with Crippen molar-refractivity contribution < 1.29 is 8.39 Å². The largest absolute Gasteiger partial charge is 0.421 e. The normalized spacial score (nSPS) is 15.1. The highest BCUT2D eigenvalue weighted by Crippen LogP contribution is 2.41. The molecule has 144 valence electrons. The topological polar surface area (TPSA) is 29.5 Å². The fraction of sp³-hybridized carbons (Fsp3) is 0.200. The minimum Gasteiger partial charge on any atom is -0.421 e. The number of nitrogens with zero attached hydrogens (tertiary/aromatic N) is 1. The van der Waals surface area contributed by atoms with E-state index in [0.29, 0.717) is 0 Å². The molecule has 6 rings (SSSR count). The molecular weight excluding hydrogens is 377 g/mol. The monoisotopic (exact) mass is 399 g/mol. The van der Waals surface area contributed by atoms with Gasteiger partial charge in [0.2, 0.25) is 8.67 Å². The van der Waals surface area contributed by atoms with Crippen molar-refractivity contribution in [2.24, 2.45) is 0 Å². The summed E-state index contributed by atoms with van der Waals surface area (Å²) in [4.78, 5) is 2.50. The second-order valence-electron chi connectivity index (χ2n) is 7.82. The van der Waals surface area contributed by atoms with Gasteiger partial charge in [-0.1, -0.05) is 54.6 Å². The number of fused-ring (bicyclic) bond motifs is 7. The van der Waals surface area contributed by atoms with Gasteiger partial charge in [-0.25, -0.2) is 0 Å². The predicted molar refractivity (Wildman–Crippen MR) is 124 cm³/mol. The van der Waals surface area contributed by atoms with Crippen LogP contribution in [0.1, 0.15) is 19.3 Å². The van der Waals surface area contributed by atoms with Crippen LogP contribution >= 0.6 is 8.67 Å².